The van der Waals surface area contributed by atoms with Crippen molar-refractivity contribution in [3.63, 3.8) is 0 Å². The Morgan fingerprint density at radius 3 is 2.07 bits per heavy atom. The number of hydrogen-bond donors (Lipinski definition) is 0. The topological polar surface area (TPSA) is 40.6 Å². The summed E-state index contributed by atoms with van der Waals surface area (Å²) in [7, 11) is -1.50. The van der Waals surface area contributed by atoms with Crippen LogP contribution >= 0.6 is 0 Å². The Kier molecular flexibility index (Phi) is 3.87. The third kappa shape index (κ3) is 2.40. The van der Waals surface area contributed by atoms with Gasteiger partial charge in [-0.2, -0.15) is 0 Å². The Morgan fingerprint density at radius 2 is 1.41 bits per heavy atom. The summed E-state index contributed by atoms with van der Waals surface area (Å²) in [4.78, 5) is 2.09. The molecule has 0 N–H and O–H groups in total. The second-order valence-electron chi connectivity index (χ2n) is 7.68. The van der Waals surface area contributed by atoms with Crippen molar-refractivity contribution >= 4 is 21.3 Å². The molecule has 3 aromatic rings. The third-order valence-electron chi connectivity index (χ3n) is 6.08. The van der Waals surface area contributed by atoms with E-state index in [1.165, 1.54) is 10.6 Å². The molecule has 4 nitrogen and oxygen atoms in total. The molecule has 0 fully saturated rings. The van der Waals surface area contributed by atoms with Crippen molar-refractivity contribution in [2.75, 3.05) is 18.2 Å². The Balaban J connectivity index is 1.91. The van der Waals surface area contributed by atoms with Crippen molar-refractivity contribution in [1.82, 2.24) is 4.31 Å². The second kappa shape index (κ2) is 6.22. The fraction of sp³-hybridized carbons (Fsp3) is 0.167. The molecule has 0 saturated carbocycles. The molecule has 0 radical (unpaired) electrons. The van der Waals surface area contributed by atoms with Gasteiger partial charge in [-0.3, -0.25) is 4.31 Å². The van der Waals surface area contributed by atoms with E-state index in [1.54, 1.807) is 0 Å². The number of hydrogen-bond acceptors (Lipinski definition) is 3. The number of benzene rings is 3. The molecule has 2 aliphatic rings. The summed E-state index contributed by atoms with van der Waals surface area (Å²) in [6, 6.07) is 28.6. The van der Waals surface area contributed by atoms with Gasteiger partial charge in [0.15, 0.2) is 0 Å². The summed E-state index contributed by atoms with van der Waals surface area (Å²) in [6.45, 7) is 0. The molecule has 0 bridgehead atoms. The van der Waals surface area contributed by atoms with Gasteiger partial charge < -0.3 is 4.90 Å². The number of rotatable bonds is 3. The molecule has 0 spiro atoms. The van der Waals surface area contributed by atoms with Crippen LogP contribution in [0.4, 0.5) is 5.69 Å². The zero-order chi connectivity index (χ0) is 20.2. The second-order valence-corrected chi connectivity index (χ2v) is 9.57. The molecule has 146 valence electrons. The fourth-order valence-electron chi connectivity index (χ4n) is 4.98. The Labute approximate surface area is 171 Å². The molecule has 0 aliphatic carbocycles. The molecule has 0 unspecified atom stereocenters. The van der Waals surface area contributed by atoms with Crippen molar-refractivity contribution in [3.05, 3.63) is 108 Å². The minimum absolute atomic E-state index is 0.396. The van der Waals surface area contributed by atoms with E-state index in [4.69, 9.17) is 0 Å². The van der Waals surface area contributed by atoms with Crippen LogP contribution in [-0.2, 0) is 15.4 Å². The molecule has 2 atom stereocenters. The van der Waals surface area contributed by atoms with Crippen LogP contribution in [0.25, 0.3) is 5.57 Å². The molecule has 29 heavy (non-hydrogen) atoms. The average Bonchev–Trinajstić information content (AvgIpc) is 3.23. The standard InChI is InChI=1S/C24H22N2O2S/c1-25-22-16-10-9-15-20(22)24(19-13-7-4-8-14-19)21(18-11-5-3-6-12-18)17-26(23(24)25)29(2,27)28/h3-17,23H,1-2H3/t23-,24+/m0/s1. The number of likely N-dealkylation sites (N-methyl/N-ethyl adjacent to an activating group) is 1. The van der Waals surface area contributed by atoms with Crippen LogP contribution in [0.1, 0.15) is 16.7 Å². The zero-order valence-corrected chi connectivity index (χ0v) is 17.2. The quantitative estimate of drug-likeness (QED) is 0.663. The number of nitrogens with zero attached hydrogens (tertiary/aromatic N) is 2. The van der Waals surface area contributed by atoms with Gasteiger partial charge >= 0.3 is 0 Å². The first-order valence-electron chi connectivity index (χ1n) is 9.60. The van der Waals surface area contributed by atoms with E-state index in [2.05, 4.69) is 41.3 Å². The molecule has 5 heteroatoms. The summed E-state index contributed by atoms with van der Waals surface area (Å²) in [5.74, 6) is 0. The lowest BCUT2D eigenvalue weighted by atomic mass is 9.68. The van der Waals surface area contributed by atoms with Crippen molar-refractivity contribution in [1.29, 1.82) is 0 Å². The highest BCUT2D eigenvalue weighted by atomic mass is 32.2. The van der Waals surface area contributed by atoms with Crippen LogP contribution in [0.3, 0.4) is 0 Å². The Bertz CT molecular complexity index is 1210. The summed E-state index contributed by atoms with van der Waals surface area (Å²) < 4.78 is 27.3. The lowest BCUT2D eigenvalue weighted by Crippen LogP contribution is -2.51. The highest BCUT2D eigenvalue weighted by molar-refractivity contribution is 7.88. The van der Waals surface area contributed by atoms with Crippen LogP contribution in [0.2, 0.25) is 0 Å². The first kappa shape index (κ1) is 18.0. The van der Waals surface area contributed by atoms with Crippen LogP contribution in [0.15, 0.2) is 91.1 Å². The highest BCUT2D eigenvalue weighted by Gasteiger charge is 2.60. The zero-order valence-electron chi connectivity index (χ0n) is 16.4. The summed E-state index contributed by atoms with van der Waals surface area (Å²) in [5.41, 5.74) is 4.67. The summed E-state index contributed by atoms with van der Waals surface area (Å²) >= 11 is 0. The summed E-state index contributed by atoms with van der Waals surface area (Å²) in [6.07, 6.45) is 2.71. The monoisotopic (exact) mass is 402 g/mol. The van der Waals surface area contributed by atoms with Gasteiger partial charge in [0, 0.05) is 18.9 Å². The predicted octanol–water partition coefficient (Wildman–Crippen LogP) is 4.06. The lowest BCUT2D eigenvalue weighted by Gasteiger charge is -2.38. The number of para-hydroxylation sites is 1. The van der Waals surface area contributed by atoms with E-state index in [9.17, 15) is 8.42 Å². The number of sulfonamides is 1. The summed E-state index contributed by atoms with van der Waals surface area (Å²) in [5, 5.41) is 0. The van der Waals surface area contributed by atoms with Gasteiger partial charge in [0.05, 0.1) is 11.7 Å². The van der Waals surface area contributed by atoms with Gasteiger partial charge in [-0.05, 0) is 28.3 Å². The van der Waals surface area contributed by atoms with E-state index in [-0.39, 0.29) is 0 Å². The Hall–Kier alpha value is -3.05. The van der Waals surface area contributed by atoms with Gasteiger partial charge in [0.1, 0.15) is 6.17 Å². The molecule has 0 saturated heterocycles. The maximum Gasteiger partial charge on any atom is 0.233 e. The molecular weight excluding hydrogens is 380 g/mol. The maximum absolute atomic E-state index is 12.9. The number of anilines is 1. The van der Waals surface area contributed by atoms with Crippen LogP contribution in [-0.4, -0.2) is 32.2 Å². The van der Waals surface area contributed by atoms with Gasteiger partial charge in [0.25, 0.3) is 0 Å². The minimum atomic E-state index is -3.48. The minimum Gasteiger partial charge on any atom is -0.352 e. The molecule has 0 amide bonds. The molecular formula is C24H22N2O2S. The smallest absolute Gasteiger partial charge is 0.233 e. The van der Waals surface area contributed by atoms with Crippen molar-refractivity contribution in [2.45, 2.75) is 11.6 Å². The fourth-order valence-corrected chi connectivity index (χ4v) is 5.94. The molecule has 0 aromatic heterocycles. The normalized spacial score (nSPS) is 23.0. The molecule has 5 rings (SSSR count). The lowest BCUT2D eigenvalue weighted by molar-refractivity contribution is 0.371. The van der Waals surface area contributed by atoms with Crippen molar-refractivity contribution < 1.29 is 8.42 Å². The van der Waals surface area contributed by atoms with Crippen LogP contribution in [0.5, 0.6) is 0 Å². The van der Waals surface area contributed by atoms with Gasteiger partial charge in [-0.1, -0.05) is 78.9 Å². The van der Waals surface area contributed by atoms with E-state index in [1.807, 2.05) is 61.8 Å². The maximum atomic E-state index is 12.9. The third-order valence-corrected chi connectivity index (χ3v) is 7.15. The van der Waals surface area contributed by atoms with Gasteiger partial charge in [-0.25, -0.2) is 8.42 Å². The first-order chi connectivity index (χ1) is 14.0. The van der Waals surface area contributed by atoms with Gasteiger partial charge in [-0.15, -0.1) is 0 Å². The van der Waals surface area contributed by atoms with Crippen molar-refractivity contribution in [2.24, 2.45) is 0 Å². The van der Waals surface area contributed by atoms with Crippen LogP contribution < -0.4 is 4.90 Å². The first-order valence-corrected chi connectivity index (χ1v) is 11.4. The average molecular weight is 403 g/mol. The largest absolute Gasteiger partial charge is 0.352 e. The molecule has 2 heterocycles. The van der Waals surface area contributed by atoms with E-state index >= 15 is 0 Å². The van der Waals surface area contributed by atoms with E-state index in [0.29, 0.717) is 0 Å². The van der Waals surface area contributed by atoms with Crippen molar-refractivity contribution in [3.8, 4) is 0 Å². The van der Waals surface area contributed by atoms with E-state index < -0.39 is 21.6 Å². The molecule has 3 aromatic carbocycles. The number of fused-ring (bicyclic) bond motifs is 3. The predicted molar refractivity (Wildman–Crippen MR) is 117 cm³/mol. The van der Waals surface area contributed by atoms with E-state index in [0.717, 1.165) is 28.0 Å². The highest BCUT2D eigenvalue weighted by Crippen LogP contribution is 2.60. The van der Waals surface area contributed by atoms with Crippen LogP contribution in [0, 0.1) is 0 Å². The Morgan fingerprint density at radius 1 is 0.828 bits per heavy atom. The SMILES string of the molecule is CN1c2ccccc2[C@]2(c3ccccc3)C(c3ccccc3)=CN(S(C)(=O)=O)[C@H]12. The van der Waals surface area contributed by atoms with Gasteiger partial charge in [0.2, 0.25) is 10.0 Å². The molecule has 2 aliphatic heterocycles.